The summed E-state index contributed by atoms with van der Waals surface area (Å²) in [5.74, 6) is 0.139. The SMILES string of the molecule is CCCC1(C(=O)O)CCCN1Cc1ccc(C2CC2)cc1. The Morgan fingerprint density at radius 1 is 1.33 bits per heavy atom. The van der Waals surface area contributed by atoms with Gasteiger partial charge in [0.15, 0.2) is 0 Å². The van der Waals surface area contributed by atoms with Gasteiger partial charge in [0, 0.05) is 6.54 Å². The standard InChI is InChI=1S/C18H25NO2/c1-2-10-18(17(20)21)11-3-12-19(18)13-14-4-6-15(7-5-14)16-8-9-16/h4-7,16H,2-3,8-13H2,1H3,(H,20,21). The zero-order chi connectivity index (χ0) is 14.9. The van der Waals surface area contributed by atoms with Gasteiger partial charge in [0.2, 0.25) is 0 Å². The van der Waals surface area contributed by atoms with Crippen LogP contribution in [0, 0.1) is 0 Å². The second-order valence-corrected chi connectivity index (χ2v) is 6.63. The van der Waals surface area contributed by atoms with Crippen LogP contribution < -0.4 is 0 Å². The highest BCUT2D eigenvalue weighted by Gasteiger charge is 2.46. The van der Waals surface area contributed by atoms with E-state index in [0.29, 0.717) is 0 Å². The maximum Gasteiger partial charge on any atom is 0.324 e. The number of benzene rings is 1. The molecule has 0 amide bonds. The average Bonchev–Trinajstić information content (AvgIpc) is 3.24. The van der Waals surface area contributed by atoms with Crippen LogP contribution in [0.2, 0.25) is 0 Å². The third-order valence-electron chi connectivity index (χ3n) is 5.09. The molecule has 114 valence electrons. The summed E-state index contributed by atoms with van der Waals surface area (Å²) in [5.41, 5.74) is 2.05. The molecule has 1 aliphatic carbocycles. The maximum absolute atomic E-state index is 11.8. The average molecular weight is 287 g/mol. The van der Waals surface area contributed by atoms with E-state index in [1.54, 1.807) is 0 Å². The summed E-state index contributed by atoms with van der Waals surface area (Å²) in [6, 6.07) is 8.83. The highest BCUT2D eigenvalue weighted by atomic mass is 16.4. The monoisotopic (exact) mass is 287 g/mol. The van der Waals surface area contributed by atoms with Crippen LogP contribution in [0.25, 0.3) is 0 Å². The highest BCUT2D eigenvalue weighted by Crippen LogP contribution is 2.40. The molecule has 0 spiro atoms. The molecule has 1 heterocycles. The van der Waals surface area contributed by atoms with E-state index >= 15 is 0 Å². The van der Waals surface area contributed by atoms with Crippen molar-refractivity contribution in [3.05, 3.63) is 35.4 Å². The first-order valence-electron chi connectivity index (χ1n) is 8.23. The van der Waals surface area contributed by atoms with Gasteiger partial charge in [-0.3, -0.25) is 9.69 Å². The van der Waals surface area contributed by atoms with Gasteiger partial charge in [-0.05, 0) is 55.7 Å². The van der Waals surface area contributed by atoms with Crippen LogP contribution >= 0.6 is 0 Å². The topological polar surface area (TPSA) is 40.5 Å². The molecule has 2 aliphatic rings. The summed E-state index contributed by atoms with van der Waals surface area (Å²) in [6.45, 7) is 3.74. The minimum absolute atomic E-state index is 0.635. The van der Waals surface area contributed by atoms with Gasteiger partial charge in [-0.25, -0.2) is 0 Å². The number of likely N-dealkylation sites (tertiary alicyclic amines) is 1. The molecule has 21 heavy (non-hydrogen) atoms. The molecule has 1 atom stereocenters. The van der Waals surface area contributed by atoms with Crippen molar-refractivity contribution in [1.82, 2.24) is 4.90 Å². The molecule has 0 bridgehead atoms. The molecule has 3 nitrogen and oxygen atoms in total. The summed E-state index contributed by atoms with van der Waals surface area (Å²) in [5, 5.41) is 9.73. The smallest absolute Gasteiger partial charge is 0.324 e. The first-order chi connectivity index (χ1) is 10.2. The summed E-state index contributed by atoms with van der Waals surface area (Å²) < 4.78 is 0. The molecule has 1 aromatic carbocycles. The lowest BCUT2D eigenvalue weighted by Gasteiger charge is -2.34. The lowest BCUT2D eigenvalue weighted by Crippen LogP contribution is -2.49. The molecule has 0 radical (unpaired) electrons. The van der Waals surface area contributed by atoms with E-state index in [4.69, 9.17) is 0 Å². The first-order valence-corrected chi connectivity index (χ1v) is 8.23. The molecule has 3 heteroatoms. The zero-order valence-corrected chi connectivity index (χ0v) is 12.8. The van der Waals surface area contributed by atoms with Crippen LogP contribution in [0.3, 0.4) is 0 Å². The van der Waals surface area contributed by atoms with Crippen molar-refractivity contribution in [1.29, 1.82) is 0 Å². The van der Waals surface area contributed by atoms with Gasteiger partial charge in [0.05, 0.1) is 0 Å². The number of aliphatic carboxylic acids is 1. The van der Waals surface area contributed by atoms with Crippen molar-refractivity contribution < 1.29 is 9.90 Å². The Morgan fingerprint density at radius 2 is 2.05 bits per heavy atom. The molecule has 0 aromatic heterocycles. The Morgan fingerprint density at radius 3 is 2.62 bits per heavy atom. The number of nitrogens with zero attached hydrogens (tertiary/aromatic N) is 1. The summed E-state index contributed by atoms with van der Waals surface area (Å²) >= 11 is 0. The van der Waals surface area contributed by atoms with Crippen LogP contribution in [-0.4, -0.2) is 28.1 Å². The predicted octanol–water partition coefficient (Wildman–Crippen LogP) is 3.78. The largest absolute Gasteiger partial charge is 0.480 e. The summed E-state index contributed by atoms with van der Waals surface area (Å²) in [6.07, 6.45) is 6.10. The van der Waals surface area contributed by atoms with Crippen molar-refractivity contribution in [2.45, 2.75) is 63.5 Å². The van der Waals surface area contributed by atoms with E-state index < -0.39 is 11.5 Å². The Bertz CT molecular complexity index is 506. The van der Waals surface area contributed by atoms with Crippen LogP contribution in [0.4, 0.5) is 0 Å². The van der Waals surface area contributed by atoms with Gasteiger partial charge in [-0.15, -0.1) is 0 Å². The molecular formula is C18H25NO2. The Labute approximate surface area is 127 Å². The Hall–Kier alpha value is -1.35. The zero-order valence-electron chi connectivity index (χ0n) is 12.8. The van der Waals surface area contributed by atoms with E-state index in [0.717, 1.165) is 44.7 Å². The molecular weight excluding hydrogens is 262 g/mol. The quantitative estimate of drug-likeness (QED) is 0.865. The van der Waals surface area contributed by atoms with Gasteiger partial charge < -0.3 is 5.11 Å². The molecule has 1 saturated carbocycles. The van der Waals surface area contributed by atoms with Crippen molar-refractivity contribution in [3.8, 4) is 0 Å². The second-order valence-electron chi connectivity index (χ2n) is 6.63. The summed E-state index contributed by atoms with van der Waals surface area (Å²) in [4.78, 5) is 14.0. The van der Waals surface area contributed by atoms with Gasteiger partial charge in [0.1, 0.15) is 5.54 Å². The van der Waals surface area contributed by atoms with Gasteiger partial charge >= 0.3 is 5.97 Å². The third kappa shape index (κ3) is 2.84. The normalized spacial score (nSPS) is 26.1. The number of rotatable bonds is 6. The van der Waals surface area contributed by atoms with Crippen molar-refractivity contribution >= 4 is 5.97 Å². The molecule has 3 rings (SSSR count). The number of carboxylic acid groups (broad SMARTS) is 1. The fourth-order valence-corrected chi connectivity index (χ4v) is 3.74. The van der Waals surface area contributed by atoms with Gasteiger partial charge in [-0.2, -0.15) is 0 Å². The fraction of sp³-hybridized carbons (Fsp3) is 0.611. The lowest BCUT2D eigenvalue weighted by atomic mass is 9.90. The molecule has 1 unspecified atom stereocenters. The van der Waals surface area contributed by atoms with Crippen molar-refractivity contribution in [2.24, 2.45) is 0 Å². The Balaban J connectivity index is 1.74. The molecule has 1 N–H and O–H groups in total. The van der Waals surface area contributed by atoms with Crippen molar-refractivity contribution in [3.63, 3.8) is 0 Å². The van der Waals surface area contributed by atoms with Crippen LogP contribution in [0.5, 0.6) is 0 Å². The van der Waals surface area contributed by atoms with Crippen LogP contribution in [0.1, 0.15) is 62.5 Å². The van der Waals surface area contributed by atoms with Crippen molar-refractivity contribution in [2.75, 3.05) is 6.54 Å². The first kappa shape index (κ1) is 14.6. The van der Waals surface area contributed by atoms with E-state index in [1.165, 1.54) is 24.0 Å². The minimum Gasteiger partial charge on any atom is -0.480 e. The predicted molar refractivity (Wildman–Crippen MR) is 83.3 cm³/mol. The lowest BCUT2D eigenvalue weighted by molar-refractivity contribution is -0.150. The Kier molecular flexibility index (Phi) is 4.03. The minimum atomic E-state index is -0.642. The molecule has 1 saturated heterocycles. The fourth-order valence-electron chi connectivity index (χ4n) is 3.74. The highest BCUT2D eigenvalue weighted by molar-refractivity contribution is 5.79. The van der Waals surface area contributed by atoms with E-state index in [-0.39, 0.29) is 0 Å². The number of carboxylic acids is 1. The molecule has 1 aromatic rings. The number of carbonyl (C=O) groups is 1. The third-order valence-corrected chi connectivity index (χ3v) is 5.09. The van der Waals surface area contributed by atoms with Crippen LogP contribution in [-0.2, 0) is 11.3 Å². The van der Waals surface area contributed by atoms with E-state index in [1.807, 2.05) is 0 Å². The second kappa shape index (κ2) is 5.80. The van der Waals surface area contributed by atoms with E-state index in [9.17, 15) is 9.90 Å². The van der Waals surface area contributed by atoms with E-state index in [2.05, 4.69) is 36.1 Å². The van der Waals surface area contributed by atoms with Crippen LogP contribution in [0.15, 0.2) is 24.3 Å². The molecule has 2 fully saturated rings. The van der Waals surface area contributed by atoms with Gasteiger partial charge in [0.25, 0.3) is 0 Å². The van der Waals surface area contributed by atoms with Gasteiger partial charge in [-0.1, -0.05) is 37.6 Å². The number of hydrogen-bond donors (Lipinski definition) is 1. The molecule has 1 aliphatic heterocycles. The summed E-state index contributed by atoms with van der Waals surface area (Å²) in [7, 11) is 0. The number of hydrogen-bond acceptors (Lipinski definition) is 2. The maximum atomic E-state index is 11.8.